The normalized spacial score (nSPS) is 14.4. The van der Waals surface area contributed by atoms with Gasteiger partial charge < -0.3 is 16.9 Å². The van der Waals surface area contributed by atoms with Crippen LogP contribution in [0.25, 0.3) is 0 Å². The van der Waals surface area contributed by atoms with Crippen molar-refractivity contribution in [1.82, 2.24) is 4.84 Å². The number of hydrogen-bond acceptors (Lipinski definition) is 1. The molecule has 16 heavy (non-hydrogen) atoms. The molecule has 100 valence electrons. The van der Waals surface area contributed by atoms with E-state index in [0.29, 0.717) is 12.8 Å². The monoisotopic (exact) mass is 274 g/mol. The smallest absolute Gasteiger partial charge is 0.106 e. The zero-order valence-electron chi connectivity index (χ0n) is 11.0. The first-order chi connectivity index (χ1) is 6.66. The van der Waals surface area contributed by atoms with E-state index in [9.17, 15) is 4.39 Å². The van der Waals surface area contributed by atoms with Gasteiger partial charge in [-0.05, 0) is 38.5 Å². The molecule has 0 heterocycles. The molecule has 0 aliphatic rings. The van der Waals surface area contributed by atoms with Crippen LogP contribution in [-0.2, 0) is 0 Å². The highest BCUT2D eigenvalue weighted by atomic mass is 35.5. The lowest BCUT2D eigenvalue weighted by Gasteiger charge is -2.26. The maximum Gasteiger partial charge on any atom is 0.106 e. The Morgan fingerprint density at radius 2 is 1.75 bits per heavy atom. The van der Waals surface area contributed by atoms with E-state index in [2.05, 4.69) is 26.0 Å². The van der Waals surface area contributed by atoms with E-state index in [4.69, 9.17) is 11.8 Å². The number of nitrogens with zero attached hydrogens (tertiary/aromatic N) is 1. The maximum atomic E-state index is 13.5. The molecule has 0 saturated heterocycles. The van der Waals surface area contributed by atoms with Crippen LogP contribution in [-0.4, -0.2) is 43.9 Å². The summed E-state index contributed by atoms with van der Waals surface area (Å²) in [6.45, 7) is 4.83. The molecule has 0 amide bonds. The topological polar surface area (TPSA) is 12.0 Å². The van der Waals surface area contributed by atoms with Crippen molar-refractivity contribution < 1.29 is 21.3 Å². The summed E-state index contributed by atoms with van der Waals surface area (Å²) in [6.07, 6.45) is 1.25. The predicted molar refractivity (Wildman–Crippen MR) is 64.7 cm³/mol. The van der Waals surface area contributed by atoms with E-state index in [1.165, 1.54) is 0 Å². The number of rotatable bonds is 7. The van der Waals surface area contributed by atoms with Crippen LogP contribution >= 0.6 is 11.8 Å². The first kappa shape index (κ1) is 18.8. The first-order valence-electron chi connectivity index (χ1n) is 5.49. The van der Waals surface area contributed by atoms with Gasteiger partial charge in [-0.1, -0.05) is 0 Å². The Bertz CT molecular complexity index is 181. The number of halogens is 3. The van der Waals surface area contributed by atoms with Crippen LogP contribution in [0.5, 0.6) is 0 Å². The quantitative estimate of drug-likeness (QED) is 0.498. The minimum atomic E-state index is -0.716. The van der Waals surface area contributed by atoms with Gasteiger partial charge in [-0.15, -0.1) is 0 Å². The Kier molecular flexibility index (Phi) is 9.04. The van der Waals surface area contributed by atoms with Gasteiger partial charge >= 0.3 is 0 Å². The molecule has 0 fully saturated rings. The fourth-order valence-corrected chi connectivity index (χ4v) is 1.33. The van der Waals surface area contributed by atoms with Crippen molar-refractivity contribution in [2.45, 2.75) is 44.8 Å². The van der Waals surface area contributed by atoms with Gasteiger partial charge in [0, 0.05) is 12.0 Å². The Balaban J connectivity index is 0. The average molecular weight is 275 g/mol. The van der Waals surface area contributed by atoms with E-state index < -0.39 is 6.17 Å². The third-order valence-corrected chi connectivity index (χ3v) is 2.96. The predicted octanol–water partition coefficient (Wildman–Crippen LogP) is -0.273. The minimum Gasteiger partial charge on any atom is -1.00 e. The lowest BCUT2D eigenvalue weighted by Crippen LogP contribution is -3.00. The van der Waals surface area contributed by atoms with E-state index >= 15 is 0 Å². The van der Waals surface area contributed by atoms with E-state index in [1.807, 2.05) is 13.8 Å². The summed E-state index contributed by atoms with van der Waals surface area (Å²) in [6, 6.07) is 0. The fourth-order valence-electron chi connectivity index (χ4n) is 1.24. The summed E-state index contributed by atoms with van der Waals surface area (Å²) in [4.78, 5) is 2.67. The van der Waals surface area contributed by atoms with E-state index in [1.54, 1.807) is 0 Å². The summed E-state index contributed by atoms with van der Waals surface area (Å²) in [5, 5.41) is 0. The SMILES string of the molecule is CC(C)(CCC(F)CC[N+](C)(C)C)NCl.[Cl-]. The number of nitrogens with one attached hydrogen (secondary N) is 1. The third kappa shape index (κ3) is 10.9. The number of alkyl halides is 1. The van der Waals surface area contributed by atoms with Gasteiger partial charge in [0.25, 0.3) is 0 Å². The summed E-state index contributed by atoms with van der Waals surface area (Å²) in [5.41, 5.74) is -0.178. The van der Waals surface area contributed by atoms with Crippen molar-refractivity contribution in [3.05, 3.63) is 0 Å². The van der Waals surface area contributed by atoms with Crippen LogP contribution in [0.3, 0.4) is 0 Å². The van der Waals surface area contributed by atoms with Crippen molar-refractivity contribution in [1.29, 1.82) is 0 Å². The number of hydrogen-bond donors (Lipinski definition) is 1. The molecule has 0 bridgehead atoms. The molecule has 0 radical (unpaired) electrons. The molecule has 0 aliphatic carbocycles. The molecular weight excluding hydrogens is 250 g/mol. The molecule has 0 rings (SSSR count). The molecule has 0 aliphatic heterocycles. The second-order valence-corrected chi connectivity index (χ2v) is 6.11. The van der Waals surface area contributed by atoms with Crippen molar-refractivity contribution in [3.63, 3.8) is 0 Å². The van der Waals surface area contributed by atoms with Gasteiger partial charge in [0.05, 0.1) is 27.7 Å². The lowest BCUT2D eigenvalue weighted by atomic mass is 9.97. The molecule has 1 atom stereocenters. The summed E-state index contributed by atoms with van der Waals surface area (Å²) in [5.74, 6) is 0. The highest BCUT2D eigenvalue weighted by Gasteiger charge is 2.20. The third-order valence-electron chi connectivity index (χ3n) is 2.45. The highest BCUT2D eigenvalue weighted by molar-refractivity contribution is 6.13. The van der Waals surface area contributed by atoms with Crippen LogP contribution in [0.4, 0.5) is 4.39 Å². The standard InChI is InChI=1S/C11H25ClFN2.ClH/c1-11(2,14-12)8-6-10(13)7-9-15(3,4)5;/h10,14H,6-9H2,1-5H3;1H/q+1;/p-1. The van der Waals surface area contributed by atoms with Crippen LogP contribution in [0.15, 0.2) is 0 Å². The maximum absolute atomic E-state index is 13.5. The van der Waals surface area contributed by atoms with E-state index in [0.717, 1.165) is 17.4 Å². The Labute approximate surface area is 111 Å². The van der Waals surface area contributed by atoms with Crippen LogP contribution in [0.1, 0.15) is 33.1 Å². The molecule has 0 aromatic heterocycles. The summed E-state index contributed by atoms with van der Waals surface area (Å²) >= 11 is 5.55. The zero-order chi connectivity index (χ0) is 12.1. The molecular formula is C11H25Cl2FN2. The Morgan fingerprint density at radius 1 is 1.25 bits per heavy atom. The van der Waals surface area contributed by atoms with E-state index in [-0.39, 0.29) is 17.9 Å². The molecule has 5 heteroatoms. The van der Waals surface area contributed by atoms with Gasteiger partial charge in [-0.3, -0.25) is 0 Å². The van der Waals surface area contributed by atoms with Gasteiger partial charge in [-0.25, -0.2) is 9.23 Å². The first-order valence-corrected chi connectivity index (χ1v) is 5.86. The number of quaternary nitrogens is 1. The van der Waals surface area contributed by atoms with Crippen molar-refractivity contribution in [3.8, 4) is 0 Å². The second kappa shape index (κ2) is 7.70. The van der Waals surface area contributed by atoms with Crippen molar-refractivity contribution in [2.24, 2.45) is 0 Å². The van der Waals surface area contributed by atoms with Crippen LogP contribution in [0, 0.1) is 0 Å². The van der Waals surface area contributed by atoms with Gasteiger partial charge in [0.2, 0.25) is 0 Å². The Hall–Kier alpha value is 0.430. The van der Waals surface area contributed by atoms with Crippen molar-refractivity contribution in [2.75, 3.05) is 27.7 Å². The highest BCUT2D eigenvalue weighted by Crippen LogP contribution is 2.17. The molecule has 0 aromatic carbocycles. The molecule has 0 aromatic rings. The average Bonchev–Trinajstić information content (AvgIpc) is 2.10. The fraction of sp³-hybridized carbons (Fsp3) is 1.00. The summed E-state index contributed by atoms with van der Waals surface area (Å²) < 4.78 is 14.3. The summed E-state index contributed by atoms with van der Waals surface area (Å²) in [7, 11) is 6.24. The minimum absolute atomic E-state index is 0. The molecule has 0 saturated carbocycles. The zero-order valence-corrected chi connectivity index (χ0v) is 12.5. The van der Waals surface area contributed by atoms with Crippen molar-refractivity contribution >= 4 is 11.8 Å². The second-order valence-electron chi connectivity index (χ2n) is 5.92. The lowest BCUT2D eigenvalue weighted by molar-refractivity contribution is -0.870. The largest absolute Gasteiger partial charge is 1.00 e. The molecule has 0 spiro atoms. The molecule has 1 unspecified atom stereocenters. The van der Waals surface area contributed by atoms with Gasteiger partial charge in [0.15, 0.2) is 0 Å². The van der Waals surface area contributed by atoms with Gasteiger partial charge in [0.1, 0.15) is 6.17 Å². The Morgan fingerprint density at radius 3 is 2.12 bits per heavy atom. The van der Waals surface area contributed by atoms with Crippen LogP contribution < -0.4 is 17.2 Å². The molecule has 1 N–H and O–H groups in total. The van der Waals surface area contributed by atoms with Gasteiger partial charge in [-0.2, -0.15) is 0 Å². The molecule has 2 nitrogen and oxygen atoms in total. The van der Waals surface area contributed by atoms with Crippen LogP contribution in [0.2, 0.25) is 0 Å².